The standard InChI is InChI=1S/C31H17NS2/c32-18-21-6-5-9-22(19-12-14-25-23-7-1-3-10-27(23)33-29(25)16-19)31(21)20-13-15-26-24-8-2-4-11-28(24)34-30(26)17-20/h1-17H. The second-order valence-electron chi connectivity index (χ2n) is 8.46. The van der Waals surface area contributed by atoms with Crippen LogP contribution in [0, 0.1) is 11.3 Å². The summed E-state index contributed by atoms with van der Waals surface area (Å²) in [4.78, 5) is 0. The topological polar surface area (TPSA) is 23.8 Å². The van der Waals surface area contributed by atoms with Crippen LogP contribution in [0.1, 0.15) is 5.56 Å². The van der Waals surface area contributed by atoms with Crippen LogP contribution < -0.4 is 0 Å². The lowest BCUT2D eigenvalue weighted by Crippen LogP contribution is -1.90. The number of thiophene rings is 2. The van der Waals surface area contributed by atoms with Gasteiger partial charge in [-0.05, 0) is 47.0 Å². The fourth-order valence-corrected chi connectivity index (χ4v) is 7.26. The molecule has 7 aromatic rings. The Hall–Kier alpha value is -3.97. The summed E-state index contributed by atoms with van der Waals surface area (Å²) >= 11 is 3.63. The maximum absolute atomic E-state index is 10.0. The van der Waals surface area contributed by atoms with Crippen LogP contribution in [0.4, 0.5) is 0 Å². The predicted molar refractivity (Wildman–Crippen MR) is 148 cm³/mol. The largest absolute Gasteiger partial charge is 0.192 e. The molecular formula is C31H17NS2. The van der Waals surface area contributed by atoms with Crippen molar-refractivity contribution < 1.29 is 0 Å². The van der Waals surface area contributed by atoms with Crippen LogP contribution in [0.5, 0.6) is 0 Å². The molecule has 0 aliphatic rings. The quantitative estimate of drug-likeness (QED) is 0.248. The number of hydrogen-bond donors (Lipinski definition) is 0. The van der Waals surface area contributed by atoms with E-state index in [1.54, 1.807) is 0 Å². The van der Waals surface area contributed by atoms with E-state index in [-0.39, 0.29) is 0 Å². The lowest BCUT2D eigenvalue weighted by atomic mass is 9.90. The molecule has 5 aromatic carbocycles. The van der Waals surface area contributed by atoms with Crippen molar-refractivity contribution in [3.63, 3.8) is 0 Å². The van der Waals surface area contributed by atoms with Crippen LogP contribution >= 0.6 is 22.7 Å². The molecule has 34 heavy (non-hydrogen) atoms. The number of benzene rings is 5. The van der Waals surface area contributed by atoms with Crippen LogP contribution in [-0.2, 0) is 0 Å². The van der Waals surface area contributed by atoms with Gasteiger partial charge in [-0.1, -0.05) is 72.8 Å². The van der Waals surface area contributed by atoms with E-state index >= 15 is 0 Å². The minimum atomic E-state index is 0.703. The summed E-state index contributed by atoms with van der Waals surface area (Å²) in [5.41, 5.74) is 5.03. The molecule has 3 heteroatoms. The molecule has 2 heterocycles. The van der Waals surface area contributed by atoms with Crippen molar-refractivity contribution in [2.45, 2.75) is 0 Å². The zero-order valence-electron chi connectivity index (χ0n) is 18.1. The molecular weight excluding hydrogens is 450 g/mol. The van der Waals surface area contributed by atoms with Gasteiger partial charge in [0.05, 0.1) is 11.6 Å². The van der Waals surface area contributed by atoms with Crippen LogP contribution in [-0.4, -0.2) is 0 Å². The van der Waals surface area contributed by atoms with E-state index in [4.69, 9.17) is 0 Å². The average molecular weight is 468 g/mol. The van der Waals surface area contributed by atoms with E-state index < -0.39 is 0 Å². The van der Waals surface area contributed by atoms with Crippen molar-refractivity contribution in [2.24, 2.45) is 0 Å². The van der Waals surface area contributed by atoms with Crippen LogP contribution in [0.15, 0.2) is 103 Å². The number of nitriles is 1. The first-order chi connectivity index (χ1) is 16.8. The molecule has 0 unspecified atom stereocenters. The van der Waals surface area contributed by atoms with E-state index in [0.717, 1.165) is 22.3 Å². The molecule has 0 aliphatic carbocycles. The Morgan fingerprint density at radius 3 is 1.71 bits per heavy atom. The van der Waals surface area contributed by atoms with Crippen molar-refractivity contribution in [1.82, 2.24) is 0 Å². The third kappa shape index (κ3) is 2.90. The zero-order chi connectivity index (χ0) is 22.6. The normalized spacial score (nSPS) is 11.5. The minimum Gasteiger partial charge on any atom is -0.192 e. The van der Waals surface area contributed by atoms with Crippen molar-refractivity contribution in [1.29, 1.82) is 5.26 Å². The summed E-state index contributed by atoms with van der Waals surface area (Å²) in [5.74, 6) is 0. The fourth-order valence-electron chi connectivity index (χ4n) is 4.97. The summed E-state index contributed by atoms with van der Waals surface area (Å²) in [5, 5.41) is 15.1. The van der Waals surface area contributed by atoms with Gasteiger partial charge in [0.2, 0.25) is 0 Å². The van der Waals surface area contributed by atoms with E-state index in [1.807, 2.05) is 34.8 Å². The van der Waals surface area contributed by atoms with Crippen molar-refractivity contribution in [3.05, 3.63) is 109 Å². The van der Waals surface area contributed by atoms with E-state index in [0.29, 0.717) is 5.56 Å². The molecule has 0 fully saturated rings. The highest BCUT2D eigenvalue weighted by atomic mass is 32.1. The van der Waals surface area contributed by atoms with E-state index in [2.05, 4.69) is 97.1 Å². The monoisotopic (exact) mass is 467 g/mol. The van der Waals surface area contributed by atoms with Gasteiger partial charge in [-0.2, -0.15) is 5.26 Å². The lowest BCUT2D eigenvalue weighted by molar-refractivity contribution is 1.48. The molecule has 0 saturated carbocycles. The molecule has 2 aromatic heterocycles. The summed E-state index contributed by atoms with van der Waals surface area (Å²) in [7, 11) is 0. The first-order valence-electron chi connectivity index (χ1n) is 11.2. The molecule has 0 amide bonds. The maximum Gasteiger partial charge on any atom is 0.0998 e. The highest BCUT2D eigenvalue weighted by molar-refractivity contribution is 7.26. The van der Waals surface area contributed by atoms with Crippen LogP contribution in [0.25, 0.3) is 62.6 Å². The molecule has 7 rings (SSSR count). The van der Waals surface area contributed by atoms with Gasteiger partial charge in [-0.3, -0.25) is 0 Å². The number of nitrogens with zero attached hydrogens (tertiary/aromatic N) is 1. The Bertz CT molecular complexity index is 1930. The highest BCUT2D eigenvalue weighted by Gasteiger charge is 2.15. The van der Waals surface area contributed by atoms with Gasteiger partial charge in [-0.25, -0.2) is 0 Å². The Kier molecular flexibility index (Phi) is 4.32. The molecule has 1 nitrogen and oxygen atoms in total. The Morgan fingerprint density at radius 2 is 1.06 bits per heavy atom. The summed E-state index contributed by atoms with van der Waals surface area (Å²) < 4.78 is 5.11. The maximum atomic E-state index is 10.0. The fraction of sp³-hybridized carbons (Fsp3) is 0. The predicted octanol–water partition coefficient (Wildman–Crippen LogP) is 9.63. The second kappa shape index (κ2) is 7.53. The van der Waals surface area contributed by atoms with Gasteiger partial charge in [0.25, 0.3) is 0 Å². The van der Waals surface area contributed by atoms with Crippen LogP contribution in [0.3, 0.4) is 0 Å². The smallest absolute Gasteiger partial charge is 0.0998 e. The highest BCUT2D eigenvalue weighted by Crippen LogP contribution is 2.42. The molecule has 0 atom stereocenters. The molecule has 0 saturated heterocycles. The number of rotatable bonds is 2. The summed E-state index contributed by atoms with van der Waals surface area (Å²) in [6, 6.07) is 38.9. The second-order valence-corrected chi connectivity index (χ2v) is 10.6. The summed E-state index contributed by atoms with van der Waals surface area (Å²) in [6.45, 7) is 0. The van der Waals surface area contributed by atoms with Gasteiger partial charge in [0.15, 0.2) is 0 Å². The number of hydrogen-bond acceptors (Lipinski definition) is 3. The molecule has 0 bridgehead atoms. The average Bonchev–Trinajstić information content (AvgIpc) is 3.45. The molecule has 0 radical (unpaired) electrons. The summed E-state index contributed by atoms with van der Waals surface area (Å²) in [6.07, 6.45) is 0. The van der Waals surface area contributed by atoms with Gasteiger partial charge >= 0.3 is 0 Å². The third-order valence-corrected chi connectivity index (χ3v) is 8.81. The first-order valence-corrected chi connectivity index (χ1v) is 12.8. The number of fused-ring (bicyclic) bond motifs is 6. The molecule has 0 spiro atoms. The van der Waals surface area contributed by atoms with E-state index in [1.165, 1.54) is 40.3 Å². The first kappa shape index (κ1) is 19.5. The minimum absolute atomic E-state index is 0.703. The van der Waals surface area contributed by atoms with Crippen molar-refractivity contribution in [3.8, 4) is 28.3 Å². The van der Waals surface area contributed by atoms with Crippen LogP contribution in [0.2, 0.25) is 0 Å². The SMILES string of the molecule is N#Cc1cccc(-c2ccc3c(c2)sc2ccccc23)c1-c1ccc2c(c1)sc1ccccc12. The van der Waals surface area contributed by atoms with Gasteiger partial charge in [0.1, 0.15) is 0 Å². The van der Waals surface area contributed by atoms with Gasteiger partial charge in [-0.15, -0.1) is 22.7 Å². The van der Waals surface area contributed by atoms with E-state index in [9.17, 15) is 5.26 Å². The Balaban J connectivity index is 1.46. The van der Waals surface area contributed by atoms with Gasteiger partial charge < -0.3 is 0 Å². The van der Waals surface area contributed by atoms with Crippen molar-refractivity contribution >= 4 is 63.0 Å². The van der Waals surface area contributed by atoms with Crippen molar-refractivity contribution in [2.75, 3.05) is 0 Å². The Morgan fingerprint density at radius 1 is 0.500 bits per heavy atom. The van der Waals surface area contributed by atoms with Gasteiger partial charge in [0, 0.05) is 45.9 Å². The molecule has 0 aliphatic heterocycles. The Labute approximate surface area is 204 Å². The lowest BCUT2D eigenvalue weighted by Gasteiger charge is -2.13. The zero-order valence-corrected chi connectivity index (χ0v) is 19.7. The third-order valence-electron chi connectivity index (χ3n) is 6.54. The molecule has 158 valence electrons. The molecule has 0 N–H and O–H groups in total.